The highest BCUT2D eigenvalue weighted by Gasteiger charge is 2.27. The van der Waals surface area contributed by atoms with Gasteiger partial charge in [-0.2, -0.15) is 0 Å². The highest BCUT2D eigenvalue weighted by molar-refractivity contribution is 5.97. The Morgan fingerprint density at radius 2 is 2.10 bits per heavy atom. The van der Waals surface area contributed by atoms with Crippen LogP contribution in [0.25, 0.3) is 6.08 Å². The van der Waals surface area contributed by atoms with Gasteiger partial charge in [-0.1, -0.05) is 12.1 Å². The lowest BCUT2D eigenvalue weighted by molar-refractivity contribution is -0.131. The zero-order valence-electron chi connectivity index (χ0n) is 12.5. The molecule has 1 aromatic rings. The summed E-state index contributed by atoms with van der Waals surface area (Å²) in [5, 5.41) is 8.71. The third kappa shape index (κ3) is 3.94. The number of carbonyl (C=O) groups excluding carboxylic acids is 1. The van der Waals surface area contributed by atoms with Crippen LogP contribution in [0.3, 0.4) is 0 Å². The fraction of sp³-hybridized carbons (Fsp3) is 0.412. The molecule has 0 aliphatic heterocycles. The standard InChI is InChI=1S/C17H21NO3/c1-3-18(11-13-7-8-13)17(21)15-6-4-5-14(12(15)2)9-10-16(19)20/h4-6,9-10,13H,3,7-8,11H2,1-2H3,(H,19,20). The van der Waals surface area contributed by atoms with Crippen molar-refractivity contribution >= 4 is 18.0 Å². The van der Waals surface area contributed by atoms with Crippen molar-refractivity contribution in [2.75, 3.05) is 13.1 Å². The molecule has 112 valence electrons. The van der Waals surface area contributed by atoms with Crippen LogP contribution < -0.4 is 0 Å². The normalized spacial score (nSPS) is 14.4. The molecule has 0 bridgehead atoms. The Balaban J connectivity index is 2.23. The van der Waals surface area contributed by atoms with Gasteiger partial charge < -0.3 is 10.0 Å². The molecule has 0 spiro atoms. The van der Waals surface area contributed by atoms with E-state index in [-0.39, 0.29) is 5.91 Å². The lowest BCUT2D eigenvalue weighted by Crippen LogP contribution is -2.33. The van der Waals surface area contributed by atoms with Crippen LogP contribution in [0.2, 0.25) is 0 Å². The zero-order valence-corrected chi connectivity index (χ0v) is 12.5. The van der Waals surface area contributed by atoms with Gasteiger partial charge in [0.2, 0.25) is 0 Å². The van der Waals surface area contributed by atoms with Gasteiger partial charge in [0.05, 0.1) is 0 Å². The molecule has 1 amide bonds. The van der Waals surface area contributed by atoms with E-state index in [2.05, 4.69) is 0 Å². The maximum atomic E-state index is 12.6. The summed E-state index contributed by atoms with van der Waals surface area (Å²) >= 11 is 0. The molecule has 2 rings (SSSR count). The van der Waals surface area contributed by atoms with E-state index in [1.54, 1.807) is 6.07 Å². The van der Waals surface area contributed by atoms with Crippen LogP contribution in [-0.2, 0) is 4.79 Å². The van der Waals surface area contributed by atoms with E-state index < -0.39 is 5.97 Å². The van der Waals surface area contributed by atoms with Crippen molar-refractivity contribution < 1.29 is 14.7 Å². The number of hydrogen-bond donors (Lipinski definition) is 1. The Labute approximate surface area is 125 Å². The first-order valence-corrected chi connectivity index (χ1v) is 7.32. The first-order chi connectivity index (χ1) is 10.0. The van der Waals surface area contributed by atoms with E-state index in [0.29, 0.717) is 18.0 Å². The molecule has 0 unspecified atom stereocenters. The summed E-state index contributed by atoms with van der Waals surface area (Å²) < 4.78 is 0. The van der Waals surface area contributed by atoms with Crippen molar-refractivity contribution in [3.05, 3.63) is 41.0 Å². The average Bonchev–Trinajstić information content (AvgIpc) is 3.27. The van der Waals surface area contributed by atoms with Gasteiger partial charge in [-0.05, 0) is 55.9 Å². The number of hydrogen-bond acceptors (Lipinski definition) is 2. The van der Waals surface area contributed by atoms with Gasteiger partial charge in [-0.25, -0.2) is 4.79 Å². The molecule has 1 saturated carbocycles. The van der Waals surface area contributed by atoms with Crippen LogP contribution in [0, 0.1) is 12.8 Å². The molecule has 0 saturated heterocycles. The zero-order chi connectivity index (χ0) is 15.4. The van der Waals surface area contributed by atoms with Crippen LogP contribution in [0.4, 0.5) is 0 Å². The Morgan fingerprint density at radius 1 is 1.38 bits per heavy atom. The van der Waals surface area contributed by atoms with Crippen LogP contribution in [0.5, 0.6) is 0 Å². The predicted molar refractivity (Wildman–Crippen MR) is 82.2 cm³/mol. The minimum Gasteiger partial charge on any atom is -0.478 e. The van der Waals surface area contributed by atoms with E-state index in [9.17, 15) is 9.59 Å². The Hall–Kier alpha value is -2.10. The van der Waals surface area contributed by atoms with Crippen molar-refractivity contribution in [3.8, 4) is 0 Å². The highest BCUT2D eigenvalue weighted by Crippen LogP contribution is 2.30. The summed E-state index contributed by atoms with van der Waals surface area (Å²) in [6.45, 7) is 5.37. The molecule has 1 aliphatic rings. The number of nitrogens with zero attached hydrogens (tertiary/aromatic N) is 1. The maximum Gasteiger partial charge on any atom is 0.328 e. The summed E-state index contributed by atoms with van der Waals surface area (Å²) in [4.78, 5) is 25.1. The number of carboxylic acids is 1. The van der Waals surface area contributed by atoms with Gasteiger partial charge in [0.15, 0.2) is 0 Å². The van der Waals surface area contributed by atoms with E-state index in [0.717, 1.165) is 23.7 Å². The molecule has 4 heteroatoms. The van der Waals surface area contributed by atoms with Crippen molar-refractivity contribution in [1.29, 1.82) is 0 Å². The fourth-order valence-electron chi connectivity index (χ4n) is 2.36. The number of benzene rings is 1. The van der Waals surface area contributed by atoms with Crippen LogP contribution in [0.15, 0.2) is 24.3 Å². The van der Waals surface area contributed by atoms with Crippen molar-refractivity contribution in [2.45, 2.75) is 26.7 Å². The molecule has 21 heavy (non-hydrogen) atoms. The summed E-state index contributed by atoms with van der Waals surface area (Å²) in [6, 6.07) is 5.43. The van der Waals surface area contributed by atoms with Gasteiger partial charge in [0.1, 0.15) is 0 Å². The monoisotopic (exact) mass is 287 g/mol. The van der Waals surface area contributed by atoms with Crippen molar-refractivity contribution in [2.24, 2.45) is 5.92 Å². The highest BCUT2D eigenvalue weighted by atomic mass is 16.4. The molecular formula is C17H21NO3. The second-order valence-corrected chi connectivity index (χ2v) is 5.48. The third-order valence-corrected chi connectivity index (χ3v) is 3.86. The van der Waals surface area contributed by atoms with Gasteiger partial charge in [-0.3, -0.25) is 4.79 Å². The summed E-state index contributed by atoms with van der Waals surface area (Å²) in [6.07, 6.45) is 5.05. The molecule has 1 N–H and O–H groups in total. The third-order valence-electron chi connectivity index (χ3n) is 3.86. The molecule has 0 atom stereocenters. The Bertz CT molecular complexity index is 573. The molecule has 0 heterocycles. The van der Waals surface area contributed by atoms with Crippen molar-refractivity contribution in [3.63, 3.8) is 0 Å². The first kappa shape index (κ1) is 15.3. The molecule has 1 fully saturated rings. The lowest BCUT2D eigenvalue weighted by atomic mass is 10.0. The molecule has 0 radical (unpaired) electrons. The van der Waals surface area contributed by atoms with Crippen LogP contribution in [0.1, 0.15) is 41.3 Å². The molecule has 0 aromatic heterocycles. The Kier molecular flexibility index (Phi) is 4.78. The van der Waals surface area contributed by atoms with E-state index in [1.165, 1.54) is 18.9 Å². The minimum absolute atomic E-state index is 0.0347. The predicted octanol–water partition coefficient (Wildman–Crippen LogP) is 2.96. The second kappa shape index (κ2) is 6.57. The average molecular weight is 287 g/mol. The van der Waals surface area contributed by atoms with E-state index >= 15 is 0 Å². The van der Waals surface area contributed by atoms with Gasteiger partial charge in [-0.15, -0.1) is 0 Å². The molecule has 1 aromatic carbocycles. The topological polar surface area (TPSA) is 57.6 Å². The summed E-state index contributed by atoms with van der Waals surface area (Å²) in [5.74, 6) is -0.299. The van der Waals surface area contributed by atoms with Gasteiger partial charge in [0, 0.05) is 24.7 Å². The van der Waals surface area contributed by atoms with E-state index in [4.69, 9.17) is 5.11 Å². The lowest BCUT2D eigenvalue weighted by Gasteiger charge is -2.22. The van der Waals surface area contributed by atoms with Crippen molar-refractivity contribution in [1.82, 2.24) is 4.90 Å². The Morgan fingerprint density at radius 3 is 2.67 bits per heavy atom. The first-order valence-electron chi connectivity index (χ1n) is 7.32. The van der Waals surface area contributed by atoms with Crippen LogP contribution in [-0.4, -0.2) is 35.0 Å². The molecule has 4 nitrogen and oxygen atoms in total. The number of amides is 1. The minimum atomic E-state index is -0.991. The largest absolute Gasteiger partial charge is 0.478 e. The van der Waals surface area contributed by atoms with Gasteiger partial charge >= 0.3 is 5.97 Å². The van der Waals surface area contributed by atoms with E-state index in [1.807, 2.05) is 30.9 Å². The maximum absolute atomic E-state index is 12.6. The van der Waals surface area contributed by atoms with Gasteiger partial charge in [0.25, 0.3) is 5.91 Å². The summed E-state index contributed by atoms with van der Waals surface area (Å²) in [7, 11) is 0. The number of carboxylic acid groups (broad SMARTS) is 1. The number of rotatable bonds is 6. The SMILES string of the molecule is CCN(CC1CC1)C(=O)c1cccc(C=CC(=O)O)c1C. The smallest absolute Gasteiger partial charge is 0.328 e. The second-order valence-electron chi connectivity index (χ2n) is 5.48. The molecular weight excluding hydrogens is 266 g/mol. The summed E-state index contributed by atoms with van der Waals surface area (Å²) in [5.41, 5.74) is 2.25. The fourth-order valence-corrected chi connectivity index (χ4v) is 2.36. The molecule has 1 aliphatic carbocycles. The number of carbonyl (C=O) groups is 2. The quantitative estimate of drug-likeness (QED) is 0.818. The number of aliphatic carboxylic acids is 1. The van der Waals surface area contributed by atoms with Crippen LogP contribution >= 0.6 is 0 Å².